The first-order chi connectivity index (χ1) is 13.6. The van der Waals surface area contributed by atoms with Crippen molar-refractivity contribution in [3.05, 3.63) is 29.8 Å². The van der Waals surface area contributed by atoms with Gasteiger partial charge in [0.1, 0.15) is 0 Å². The minimum Gasteiger partial charge on any atom is -0.483 e. The van der Waals surface area contributed by atoms with Crippen molar-refractivity contribution in [1.29, 1.82) is 0 Å². The number of esters is 1. The Hall–Kier alpha value is -1.92. The van der Waals surface area contributed by atoms with Crippen LogP contribution in [0.4, 0.5) is 5.69 Å². The van der Waals surface area contributed by atoms with Crippen LogP contribution in [-0.2, 0) is 19.7 Å². The van der Waals surface area contributed by atoms with E-state index in [0.717, 1.165) is 43.9 Å². The number of fused-ring (bicyclic) bond motifs is 5. The van der Waals surface area contributed by atoms with Crippen LogP contribution in [-0.4, -0.2) is 61.3 Å². The van der Waals surface area contributed by atoms with Gasteiger partial charge >= 0.3 is 5.97 Å². The molecule has 1 aromatic carbocycles. The first-order valence-electron chi connectivity index (χ1n) is 10.3. The number of hydrogen-bond acceptors (Lipinski definition) is 6. The molecule has 6 atom stereocenters. The largest absolute Gasteiger partial charge is 0.483 e. The van der Waals surface area contributed by atoms with E-state index in [1.165, 1.54) is 12.7 Å². The van der Waals surface area contributed by atoms with E-state index in [2.05, 4.69) is 23.1 Å². The Morgan fingerprint density at radius 2 is 2.11 bits per heavy atom. The Morgan fingerprint density at radius 3 is 2.89 bits per heavy atom. The number of rotatable bonds is 1. The molecule has 1 saturated carbocycles. The summed E-state index contributed by atoms with van der Waals surface area (Å²) in [6.45, 7) is 1.98. The second-order valence-corrected chi connectivity index (χ2v) is 8.72. The topological polar surface area (TPSA) is 71.4 Å². The summed E-state index contributed by atoms with van der Waals surface area (Å²) in [4.78, 5) is 19.9. The van der Waals surface area contributed by atoms with E-state index >= 15 is 0 Å². The van der Waals surface area contributed by atoms with E-state index in [1.807, 2.05) is 6.07 Å². The average molecular weight is 384 g/mol. The van der Waals surface area contributed by atoms with Gasteiger partial charge in [0.15, 0.2) is 0 Å². The van der Waals surface area contributed by atoms with Crippen LogP contribution in [0.5, 0.6) is 0 Å². The van der Waals surface area contributed by atoms with Gasteiger partial charge in [-0.3, -0.25) is 9.69 Å². The molecule has 2 saturated heterocycles. The monoisotopic (exact) mass is 384 g/mol. The van der Waals surface area contributed by atoms with Crippen molar-refractivity contribution in [1.82, 2.24) is 4.90 Å². The molecule has 6 nitrogen and oxygen atoms in total. The molecule has 6 heteroatoms. The number of aliphatic hydroxyl groups is 1. The summed E-state index contributed by atoms with van der Waals surface area (Å²) in [5.74, 6) is 0.667. The molecule has 150 valence electrons. The quantitative estimate of drug-likeness (QED) is 0.752. The first-order valence-corrected chi connectivity index (χ1v) is 10.3. The van der Waals surface area contributed by atoms with Gasteiger partial charge in [-0.2, -0.15) is 0 Å². The molecular weight excluding hydrogens is 356 g/mol. The molecule has 0 radical (unpaired) electrons. The number of aliphatic imine (C=N–C) groups is 1. The second-order valence-electron chi connectivity index (χ2n) is 8.72. The molecule has 1 spiro atoms. The molecular formula is C22H28N2O4. The minimum atomic E-state index is -0.607. The van der Waals surface area contributed by atoms with Crippen LogP contribution in [0, 0.1) is 17.8 Å². The number of benzene rings is 1. The van der Waals surface area contributed by atoms with E-state index in [-0.39, 0.29) is 23.3 Å². The maximum Gasteiger partial charge on any atom is 0.311 e. The Morgan fingerprint density at radius 1 is 1.29 bits per heavy atom. The van der Waals surface area contributed by atoms with E-state index in [1.54, 1.807) is 7.11 Å². The normalized spacial score (nSPS) is 39.1. The number of piperidine rings is 1. The number of carbonyl (C=O) groups excluding carboxylic acids is 1. The van der Waals surface area contributed by atoms with E-state index in [9.17, 15) is 9.90 Å². The third-order valence-electron chi connectivity index (χ3n) is 7.74. The van der Waals surface area contributed by atoms with Gasteiger partial charge in [-0.1, -0.05) is 18.2 Å². The maximum atomic E-state index is 12.5. The van der Waals surface area contributed by atoms with Gasteiger partial charge in [-0.15, -0.1) is 0 Å². The minimum absolute atomic E-state index is 0.137. The van der Waals surface area contributed by atoms with Crippen LogP contribution in [0.3, 0.4) is 0 Å². The smallest absolute Gasteiger partial charge is 0.311 e. The predicted molar refractivity (Wildman–Crippen MR) is 105 cm³/mol. The summed E-state index contributed by atoms with van der Waals surface area (Å²) in [7, 11) is 3.14. The van der Waals surface area contributed by atoms with Gasteiger partial charge in [-0.05, 0) is 55.7 Å². The molecule has 4 aliphatic rings. The molecule has 1 aliphatic carbocycles. The van der Waals surface area contributed by atoms with Gasteiger partial charge in [0, 0.05) is 12.6 Å². The van der Waals surface area contributed by atoms with Gasteiger partial charge in [0.05, 0.1) is 37.3 Å². The van der Waals surface area contributed by atoms with Gasteiger partial charge in [0.2, 0.25) is 5.90 Å². The van der Waals surface area contributed by atoms with Crippen molar-refractivity contribution >= 4 is 17.6 Å². The van der Waals surface area contributed by atoms with Crippen molar-refractivity contribution in [3.8, 4) is 0 Å². The van der Waals surface area contributed by atoms with Crippen molar-refractivity contribution < 1.29 is 19.4 Å². The summed E-state index contributed by atoms with van der Waals surface area (Å²) < 4.78 is 10.9. The van der Waals surface area contributed by atoms with Crippen LogP contribution in [0.1, 0.15) is 31.2 Å². The summed E-state index contributed by atoms with van der Waals surface area (Å²) in [6, 6.07) is 8.55. The summed E-state index contributed by atoms with van der Waals surface area (Å²) >= 11 is 0. The number of hydrogen-bond donors (Lipinski definition) is 1. The summed E-state index contributed by atoms with van der Waals surface area (Å²) in [6.07, 6.45) is 2.88. The van der Waals surface area contributed by atoms with E-state index < -0.39 is 12.0 Å². The fourth-order valence-electron chi connectivity index (χ4n) is 6.54. The lowest BCUT2D eigenvalue weighted by Crippen LogP contribution is -2.57. The summed E-state index contributed by atoms with van der Waals surface area (Å²) in [5, 5.41) is 10.6. The van der Waals surface area contributed by atoms with Crippen molar-refractivity contribution in [3.63, 3.8) is 0 Å². The lowest BCUT2D eigenvalue weighted by atomic mass is 9.62. The molecule has 3 heterocycles. The molecule has 3 fully saturated rings. The lowest BCUT2D eigenvalue weighted by Gasteiger charge is -2.50. The molecule has 1 aromatic rings. The highest BCUT2D eigenvalue weighted by atomic mass is 16.5. The number of methoxy groups -OCH3 is 2. The number of nitrogens with zero attached hydrogens (tertiary/aromatic N) is 2. The van der Waals surface area contributed by atoms with Crippen LogP contribution in [0.25, 0.3) is 0 Å². The number of aliphatic hydroxyl groups excluding tert-OH is 1. The highest BCUT2D eigenvalue weighted by Gasteiger charge is 2.60. The van der Waals surface area contributed by atoms with Crippen LogP contribution >= 0.6 is 0 Å². The zero-order chi connectivity index (χ0) is 19.5. The third-order valence-corrected chi connectivity index (χ3v) is 7.74. The Balaban J connectivity index is 1.54. The zero-order valence-electron chi connectivity index (χ0n) is 16.5. The van der Waals surface area contributed by atoms with Crippen molar-refractivity contribution in [2.45, 2.75) is 43.2 Å². The summed E-state index contributed by atoms with van der Waals surface area (Å²) in [5.41, 5.74) is 1.99. The standard InChI is InChI=1S/C22H28N2O4/c1-27-20(26)19-14-11-18-22(9-10-24(18)12-13(14)7-8-17(19)25)15-5-3-4-6-16(15)23-21(22)28-2/h3-6,13-14,17-19,25H,7-12H2,1-2H3/t13-,14-,17-,18-,19+,22+/m0/s1. The van der Waals surface area contributed by atoms with Gasteiger partial charge in [0.25, 0.3) is 0 Å². The predicted octanol–water partition coefficient (Wildman–Crippen LogP) is 2.27. The van der Waals surface area contributed by atoms with Crippen molar-refractivity contribution in [2.75, 3.05) is 27.3 Å². The third kappa shape index (κ3) is 2.34. The molecule has 3 aliphatic heterocycles. The molecule has 1 N–H and O–H groups in total. The highest BCUT2D eigenvalue weighted by molar-refractivity contribution is 5.97. The molecule has 28 heavy (non-hydrogen) atoms. The lowest BCUT2D eigenvalue weighted by molar-refractivity contribution is -0.159. The molecule has 0 aromatic heterocycles. The second kappa shape index (κ2) is 6.56. The van der Waals surface area contributed by atoms with Gasteiger partial charge in [-0.25, -0.2) is 4.99 Å². The van der Waals surface area contributed by atoms with Crippen LogP contribution in [0.15, 0.2) is 29.3 Å². The molecule has 0 bridgehead atoms. The number of para-hydroxylation sites is 1. The van der Waals surface area contributed by atoms with E-state index in [0.29, 0.717) is 12.3 Å². The molecule has 0 amide bonds. The fraction of sp³-hybridized carbons (Fsp3) is 0.636. The molecule has 0 unspecified atom stereocenters. The molecule has 5 rings (SSSR count). The van der Waals surface area contributed by atoms with Crippen LogP contribution in [0.2, 0.25) is 0 Å². The first kappa shape index (κ1) is 18.1. The number of carbonyl (C=O) groups is 1. The highest BCUT2D eigenvalue weighted by Crippen LogP contribution is 2.55. The fourth-order valence-corrected chi connectivity index (χ4v) is 6.54. The van der Waals surface area contributed by atoms with Gasteiger partial charge < -0.3 is 14.6 Å². The Bertz CT molecular complexity index is 825. The average Bonchev–Trinajstić information content (AvgIpc) is 3.25. The Labute approximate surface area is 165 Å². The number of ether oxygens (including phenoxy) is 2. The van der Waals surface area contributed by atoms with Crippen molar-refractivity contribution in [2.24, 2.45) is 22.7 Å². The maximum absolute atomic E-state index is 12.5. The zero-order valence-corrected chi connectivity index (χ0v) is 16.5. The Kier molecular flexibility index (Phi) is 4.25. The van der Waals surface area contributed by atoms with E-state index in [4.69, 9.17) is 14.5 Å². The van der Waals surface area contributed by atoms with Crippen LogP contribution < -0.4 is 0 Å². The SMILES string of the molecule is COC(=O)[C@@H]1[C@H]2C[C@@H]3N(CC[C@]34C(OC)=Nc3ccccc34)C[C@@H]2CC[C@@H]1O.